The zero-order valence-corrected chi connectivity index (χ0v) is 12.0. The molecule has 0 saturated carbocycles. The lowest BCUT2D eigenvalue weighted by Gasteiger charge is -2.13. The third kappa shape index (κ3) is 2.96. The minimum absolute atomic E-state index is 0.108. The lowest BCUT2D eigenvalue weighted by molar-refractivity contribution is 0.632. The van der Waals surface area contributed by atoms with E-state index < -0.39 is 5.82 Å². The van der Waals surface area contributed by atoms with E-state index in [1.165, 1.54) is 11.6 Å². The highest BCUT2D eigenvalue weighted by Gasteiger charge is 2.13. The summed E-state index contributed by atoms with van der Waals surface area (Å²) in [4.78, 5) is 0. The van der Waals surface area contributed by atoms with Crippen LogP contribution in [0.3, 0.4) is 0 Å². The molecule has 0 spiro atoms. The maximum Gasteiger partial charge on any atom is 0.169 e. The molecule has 0 aliphatic rings. The van der Waals surface area contributed by atoms with E-state index in [1.54, 1.807) is 0 Å². The molecule has 3 nitrogen and oxygen atoms in total. The standard InChI is InChI=1S/C15H17ClFN3/c1-2-9-3-5-10(6-4-9)8-20-15-12(19)7-11(18)13(16)14(15)17/h3-7,20H,2,8,18-19H2,1H3. The molecule has 0 aliphatic heterocycles. The molecule has 0 aromatic heterocycles. The summed E-state index contributed by atoms with van der Waals surface area (Å²) >= 11 is 5.78. The molecule has 2 rings (SSSR count). The zero-order valence-electron chi connectivity index (χ0n) is 11.2. The molecule has 20 heavy (non-hydrogen) atoms. The van der Waals surface area contributed by atoms with Gasteiger partial charge in [-0.15, -0.1) is 0 Å². The lowest BCUT2D eigenvalue weighted by Crippen LogP contribution is -2.06. The minimum Gasteiger partial charge on any atom is -0.397 e. The number of aryl methyl sites for hydroxylation is 1. The molecule has 0 radical (unpaired) electrons. The Kier molecular flexibility index (Phi) is 4.35. The summed E-state index contributed by atoms with van der Waals surface area (Å²) in [6.07, 6.45) is 0.989. The van der Waals surface area contributed by atoms with Crippen LogP contribution in [0.4, 0.5) is 21.5 Å². The Balaban J connectivity index is 2.16. The van der Waals surface area contributed by atoms with Gasteiger partial charge in [0.05, 0.1) is 17.1 Å². The normalized spacial score (nSPS) is 10.6. The Morgan fingerprint density at radius 3 is 2.30 bits per heavy atom. The van der Waals surface area contributed by atoms with Crippen molar-refractivity contribution in [1.82, 2.24) is 0 Å². The number of nitrogens with two attached hydrogens (primary N) is 2. The highest BCUT2D eigenvalue weighted by Crippen LogP contribution is 2.33. The summed E-state index contributed by atoms with van der Waals surface area (Å²) in [6, 6.07) is 9.55. The monoisotopic (exact) mass is 293 g/mol. The number of anilines is 3. The van der Waals surface area contributed by atoms with Crippen molar-refractivity contribution in [1.29, 1.82) is 0 Å². The molecular formula is C15H17ClFN3. The van der Waals surface area contributed by atoms with E-state index in [0.717, 1.165) is 12.0 Å². The number of halogens is 2. The highest BCUT2D eigenvalue weighted by molar-refractivity contribution is 6.33. The van der Waals surface area contributed by atoms with Gasteiger partial charge in [-0.05, 0) is 23.6 Å². The van der Waals surface area contributed by atoms with E-state index in [4.69, 9.17) is 23.1 Å². The summed E-state index contributed by atoms with van der Waals surface area (Å²) in [6.45, 7) is 2.56. The van der Waals surface area contributed by atoms with Gasteiger partial charge in [-0.2, -0.15) is 0 Å². The van der Waals surface area contributed by atoms with Gasteiger partial charge in [0.1, 0.15) is 5.02 Å². The van der Waals surface area contributed by atoms with E-state index in [-0.39, 0.29) is 22.1 Å². The van der Waals surface area contributed by atoms with Crippen molar-refractivity contribution in [2.75, 3.05) is 16.8 Å². The quantitative estimate of drug-likeness (QED) is 0.751. The molecule has 0 saturated heterocycles. The molecule has 106 valence electrons. The molecule has 0 amide bonds. The van der Waals surface area contributed by atoms with Gasteiger partial charge >= 0.3 is 0 Å². The summed E-state index contributed by atoms with van der Waals surface area (Å²) in [5.41, 5.74) is 14.2. The van der Waals surface area contributed by atoms with Gasteiger partial charge in [-0.25, -0.2) is 4.39 Å². The summed E-state index contributed by atoms with van der Waals surface area (Å²) < 4.78 is 14.0. The average Bonchev–Trinajstić information content (AvgIpc) is 2.45. The van der Waals surface area contributed by atoms with Crippen LogP contribution < -0.4 is 16.8 Å². The number of nitrogen functional groups attached to an aromatic ring is 2. The van der Waals surface area contributed by atoms with Crippen LogP contribution in [0.5, 0.6) is 0 Å². The fourth-order valence-corrected chi connectivity index (χ4v) is 2.08. The van der Waals surface area contributed by atoms with E-state index in [2.05, 4.69) is 12.2 Å². The Labute approximate surface area is 122 Å². The van der Waals surface area contributed by atoms with Crippen LogP contribution in [-0.4, -0.2) is 0 Å². The number of nitrogens with one attached hydrogen (secondary N) is 1. The Hall–Kier alpha value is -1.94. The molecule has 5 N–H and O–H groups in total. The van der Waals surface area contributed by atoms with Crippen LogP contribution in [0.15, 0.2) is 30.3 Å². The first-order valence-corrected chi connectivity index (χ1v) is 6.75. The van der Waals surface area contributed by atoms with Crippen LogP contribution in [0.1, 0.15) is 18.1 Å². The second-order valence-corrected chi connectivity index (χ2v) is 4.96. The van der Waals surface area contributed by atoms with Gasteiger partial charge in [0.2, 0.25) is 0 Å². The molecule has 0 aliphatic carbocycles. The predicted octanol–water partition coefficient (Wildman–Crippen LogP) is 3.82. The van der Waals surface area contributed by atoms with Gasteiger partial charge in [0.25, 0.3) is 0 Å². The first-order chi connectivity index (χ1) is 9.52. The van der Waals surface area contributed by atoms with Crippen LogP contribution in [0.2, 0.25) is 5.02 Å². The molecule has 0 bridgehead atoms. The van der Waals surface area contributed by atoms with E-state index in [0.29, 0.717) is 6.54 Å². The molecule has 0 atom stereocenters. The lowest BCUT2D eigenvalue weighted by atomic mass is 10.1. The second kappa shape index (κ2) is 6.01. The third-order valence-corrected chi connectivity index (χ3v) is 3.55. The molecule has 0 fully saturated rings. The molecule has 2 aromatic carbocycles. The van der Waals surface area contributed by atoms with Crippen LogP contribution in [-0.2, 0) is 13.0 Å². The maximum atomic E-state index is 14.0. The van der Waals surface area contributed by atoms with Crippen LogP contribution >= 0.6 is 11.6 Å². The fourth-order valence-electron chi connectivity index (χ4n) is 1.93. The Bertz CT molecular complexity index is 612. The number of benzene rings is 2. The SMILES string of the molecule is CCc1ccc(CNc2c(N)cc(N)c(Cl)c2F)cc1. The topological polar surface area (TPSA) is 64.1 Å². The van der Waals surface area contributed by atoms with Crippen molar-refractivity contribution >= 4 is 28.7 Å². The third-order valence-electron chi connectivity index (χ3n) is 3.17. The first kappa shape index (κ1) is 14.5. The largest absolute Gasteiger partial charge is 0.397 e. The maximum absolute atomic E-state index is 14.0. The van der Waals surface area contributed by atoms with Crippen molar-refractivity contribution < 1.29 is 4.39 Å². The van der Waals surface area contributed by atoms with Crippen molar-refractivity contribution in [3.05, 3.63) is 52.3 Å². The summed E-state index contributed by atoms with van der Waals surface area (Å²) in [7, 11) is 0. The molecule has 0 heterocycles. The second-order valence-electron chi connectivity index (χ2n) is 4.58. The van der Waals surface area contributed by atoms with Gasteiger partial charge in [0.15, 0.2) is 5.82 Å². The van der Waals surface area contributed by atoms with Crippen molar-refractivity contribution in [3.8, 4) is 0 Å². The van der Waals surface area contributed by atoms with E-state index >= 15 is 0 Å². The molecule has 0 unspecified atom stereocenters. The zero-order chi connectivity index (χ0) is 14.7. The van der Waals surface area contributed by atoms with Crippen molar-refractivity contribution in [2.45, 2.75) is 19.9 Å². The Morgan fingerprint density at radius 1 is 1.10 bits per heavy atom. The smallest absolute Gasteiger partial charge is 0.169 e. The molecular weight excluding hydrogens is 277 g/mol. The molecule has 2 aromatic rings. The van der Waals surface area contributed by atoms with E-state index in [1.807, 2.05) is 24.3 Å². The van der Waals surface area contributed by atoms with Crippen LogP contribution in [0, 0.1) is 5.82 Å². The summed E-state index contributed by atoms with van der Waals surface area (Å²) in [5, 5.41) is 2.85. The van der Waals surface area contributed by atoms with Gasteiger partial charge in [-0.3, -0.25) is 0 Å². The number of hydrogen-bond acceptors (Lipinski definition) is 3. The van der Waals surface area contributed by atoms with Crippen LogP contribution in [0.25, 0.3) is 0 Å². The van der Waals surface area contributed by atoms with Gasteiger partial charge in [0, 0.05) is 6.54 Å². The minimum atomic E-state index is -0.616. The predicted molar refractivity (Wildman–Crippen MR) is 83.4 cm³/mol. The summed E-state index contributed by atoms with van der Waals surface area (Å²) in [5.74, 6) is -0.616. The Morgan fingerprint density at radius 2 is 1.70 bits per heavy atom. The van der Waals surface area contributed by atoms with Crippen molar-refractivity contribution in [2.24, 2.45) is 0 Å². The van der Waals surface area contributed by atoms with Crippen molar-refractivity contribution in [3.63, 3.8) is 0 Å². The van der Waals surface area contributed by atoms with Gasteiger partial charge < -0.3 is 16.8 Å². The average molecular weight is 294 g/mol. The number of hydrogen-bond donors (Lipinski definition) is 3. The number of rotatable bonds is 4. The fraction of sp³-hybridized carbons (Fsp3) is 0.200. The first-order valence-electron chi connectivity index (χ1n) is 6.37. The highest BCUT2D eigenvalue weighted by atomic mass is 35.5. The van der Waals surface area contributed by atoms with Gasteiger partial charge in [-0.1, -0.05) is 42.8 Å². The molecule has 5 heteroatoms. The van der Waals surface area contributed by atoms with E-state index in [9.17, 15) is 4.39 Å².